The molecule has 2 atom stereocenters. The average molecular weight is 455 g/mol. The van der Waals surface area contributed by atoms with Gasteiger partial charge in [0.05, 0.1) is 24.1 Å². The number of pyridine rings is 2. The van der Waals surface area contributed by atoms with Gasteiger partial charge in [0.15, 0.2) is 11.6 Å². The topological polar surface area (TPSA) is 146 Å². The summed E-state index contributed by atoms with van der Waals surface area (Å²) in [5, 5.41) is 10.4. The molecule has 3 aromatic heterocycles. The highest BCUT2D eigenvalue weighted by Gasteiger charge is 2.24. The molecule has 1 aliphatic carbocycles. The summed E-state index contributed by atoms with van der Waals surface area (Å²) in [4.78, 5) is 20.7. The minimum Gasteiger partial charge on any atom is -0.476 e. The van der Waals surface area contributed by atoms with E-state index in [1.165, 1.54) is 6.20 Å². The lowest BCUT2D eigenvalue weighted by molar-refractivity contribution is 0.100. The Morgan fingerprint density at radius 2 is 2.12 bits per heavy atom. The molecule has 10 nitrogen and oxygen atoms in total. The van der Waals surface area contributed by atoms with Gasteiger partial charge in [0.1, 0.15) is 11.5 Å². The van der Waals surface area contributed by atoms with Crippen molar-refractivity contribution in [2.24, 2.45) is 11.5 Å². The second-order valence-corrected chi connectivity index (χ2v) is 7.84. The SMILES string of the molecule is CCOc1ncc(Nc2nc(N[C@@H]3CCCC[C@@H]3N)c(F)cc2C(N)=O)cc1-n1cccn1. The van der Waals surface area contributed by atoms with E-state index in [-0.39, 0.29) is 29.3 Å². The van der Waals surface area contributed by atoms with Crippen LogP contribution in [0.4, 0.5) is 21.7 Å². The van der Waals surface area contributed by atoms with Crippen molar-refractivity contribution >= 4 is 23.2 Å². The fraction of sp³-hybridized carbons (Fsp3) is 0.364. The largest absolute Gasteiger partial charge is 0.476 e. The van der Waals surface area contributed by atoms with Crippen LogP contribution in [-0.2, 0) is 0 Å². The Morgan fingerprint density at radius 1 is 1.30 bits per heavy atom. The molecule has 4 rings (SSSR count). The average Bonchev–Trinajstić information content (AvgIpc) is 3.33. The molecule has 3 heterocycles. The number of primary amides is 1. The number of hydrogen-bond acceptors (Lipinski definition) is 8. The first-order valence-electron chi connectivity index (χ1n) is 10.9. The van der Waals surface area contributed by atoms with Crippen LogP contribution in [0.15, 0.2) is 36.8 Å². The predicted octanol–water partition coefficient (Wildman–Crippen LogP) is 2.72. The molecule has 1 aliphatic rings. The molecular formula is C22H27FN8O2. The molecule has 6 N–H and O–H groups in total. The third kappa shape index (κ3) is 5.03. The molecule has 174 valence electrons. The number of anilines is 3. The summed E-state index contributed by atoms with van der Waals surface area (Å²) in [6.07, 6.45) is 8.64. The molecular weight excluding hydrogens is 427 g/mol. The first-order chi connectivity index (χ1) is 16.0. The van der Waals surface area contributed by atoms with E-state index in [0.29, 0.717) is 23.9 Å². The van der Waals surface area contributed by atoms with Crippen LogP contribution in [0.3, 0.4) is 0 Å². The molecule has 0 unspecified atom stereocenters. The van der Waals surface area contributed by atoms with Gasteiger partial charge in [-0.05, 0) is 38.0 Å². The number of carbonyl (C=O) groups is 1. The summed E-state index contributed by atoms with van der Waals surface area (Å²) < 4.78 is 22.0. The molecule has 11 heteroatoms. The van der Waals surface area contributed by atoms with Gasteiger partial charge in [-0.1, -0.05) is 12.8 Å². The van der Waals surface area contributed by atoms with E-state index in [1.54, 1.807) is 29.2 Å². The molecule has 0 spiro atoms. The van der Waals surface area contributed by atoms with Gasteiger partial charge in [0.2, 0.25) is 5.88 Å². The number of halogens is 1. The number of nitrogens with two attached hydrogens (primary N) is 2. The van der Waals surface area contributed by atoms with Crippen molar-refractivity contribution in [2.75, 3.05) is 17.2 Å². The summed E-state index contributed by atoms with van der Waals surface area (Å²) in [6, 6.07) is 4.39. The maximum absolute atomic E-state index is 14.8. The number of rotatable bonds is 8. The van der Waals surface area contributed by atoms with Gasteiger partial charge in [-0.3, -0.25) is 4.79 Å². The lowest BCUT2D eigenvalue weighted by atomic mass is 9.91. The molecule has 3 aromatic rings. The van der Waals surface area contributed by atoms with Crippen LogP contribution >= 0.6 is 0 Å². The smallest absolute Gasteiger partial charge is 0.252 e. The molecule has 0 bridgehead atoms. The van der Waals surface area contributed by atoms with Crippen molar-refractivity contribution in [2.45, 2.75) is 44.7 Å². The number of hydrogen-bond donors (Lipinski definition) is 4. The molecule has 0 aliphatic heterocycles. The maximum Gasteiger partial charge on any atom is 0.252 e. The lowest BCUT2D eigenvalue weighted by Crippen LogP contribution is -2.43. The summed E-state index contributed by atoms with van der Waals surface area (Å²) in [5.41, 5.74) is 12.7. The van der Waals surface area contributed by atoms with E-state index in [4.69, 9.17) is 16.2 Å². The molecule has 33 heavy (non-hydrogen) atoms. The molecule has 0 saturated heterocycles. The molecule has 0 aromatic carbocycles. The van der Waals surface area contributed by atoms with Gasteiger partial charge in [-0.15, -0.1) is 0 Å². The number of amides is 1. The van der Waals surface area contributed by atoms with Crippen LogP contribution in [-0.4, -0.2) is 44.3 Å². The van der Waals surface area contributed by atoms with Gasteiger partial charge >= 0.3 is 0 Å². The summed E-state index contributed by atoms with van der Waals surface area (Å²) in [7, 11) is 0. The van der Waals surface area contributed by atoms with Crippen molar-refractivity contribution in [1.82, 2.24) is 19.7 Å². The van der Waals surface area contributed by atoms with Gasteiger partial charge in [-0.25, -0.2) is 19.0 Å². The van der Waals surface area contributed by atoms with Crippen LogP contribution in [0.2, 0.25) is 0 Å². The van der Waals surface area contributed by atoms with Gasteiger partial charge in [0.25, 0.3) is 5.91 Å². The van der Waals surface area contributed by atoms with E-state index in [1.807, 2.05) is 6.92 Å². The van der Waals surface area contributed by atoms with Crippen LogP contribution in [0.25, 0.3) is 5.69 Å². The minimum atomic E-state index is -0.809. The van der Waals surface area contributed by atoms with Crippen molar-refractivity contribution < 1.29 is 13.9 Å². The third-order valence-corrected chi connectivity index (χ3v) is 5.51. The fourth-order valence-electron chi connectivity index (χ4n) is 3.86. The van der Waals surface area contributed by atoms with E-state index in [2.05, 4.69) is 25.7 Å². The Hall–Kier alpha value is -3.73. The summed E-state index contributed by atoms with van der Waals surface area (Å²) >= 11 is 0. The number of nitrogens with one attached hydrogen (secondary N) is 2. The first-order valence-corrected chi connectivity index (χ1v) is 10.9. The Kier molecular flexibility index (Phi) is 6.68. The molecule has 0 radical (unpaired) electrons. The van der Waals surface area contributed by atoms with Gasteiger partial charge in [0, 0.05) is 24.5 Å². The van der Waals surface area contributed by atoms with Crippen molar-refractivity contribution in [3.63, 3.8) is 0 Å². The van der Waals surface area contributed by atoms with E-state index in [0.717, 1.165) is 31.7 Å². The molecule has 1 amide bonds. The van der Waals surface area contributed by atoms with Crippen molar-refractivity contribution in [3.05, 3.63) is 48.2 Å². The monoisotopic (exact) mass is 454 g/mol. The van der Waals surface area contributed by atoms with E-state index < -0.39 is 11.7 Å². The zero-order chi connectivity index (χ0) is 23.4. The highest BCUT2D eigenvalue weighted by molar-refractivity contribution is 5.98. The van der Waals surface area contributed by atoms with Gasteiger partial charge < -0.3 is 26.8 Å². The third-order valence-electron chi connectivity index (χ3n) is 5.51. The van der Waals surface area contributed by atoms with E-state index >= 15 is 0 Å². The minimum absolute atomic E-state index is 0.0102. The Morgan fingerprint density at radius 3 is 2.82 bits per heavy atom. The highest BCUT2D eigenvalue weighted by atomic mass is 19.1. The standard InChI is InChI=1S/C22H27FN8O2/c1-2-33-22-18(31-9-5-8-27-31)10-13(12-26-22)28-20-14(19(25)32)11-15(23)21(30-20)29-17-7-4-3-6-16(17)24/h5,8-12,16-17H,2-4,6-7,24H2,1H3,(H2,25,32)(H2,28,29,30)/t16-,17+/m0/s1. The van der Waals surface area contributed by atoms with Crippen LogP contribution in [0, 0.1) is 5.82 Å². The summed E-state index contributed by atoms with van der Waals surface area (Å²) in [6.45, 7) is 2.28. The van der Waals surface area contributed by atoms with Crippen LogP contribution in [0.5, 0.6) is 5.88 Å². The Bertz CT molecular complexity index is 1120. The van der Waals surface area contributed by atoms with Crippen LogP contribution in [0.1, 0.15) is 43.0 Å². The van der Waals surface area contributed by atoms with Crippen molar-refractivity contribution in [1.29, 1.82) is 0 Å². The lowest BCUT2D eigenvalue weighted by Gasteiger charge is -2.30. The Labute approximate surface area is 190 Å². The molecule has 1 fully saturated rings. The van der Waals surface area contributed by atoms with E-state index in [9.17, 15) is 9.18 Å². The highest BCUT2D eigenvalue weighted by Crippen LogP contribution is 2.29. The zero-order valence-electron chi connectivity index (χ0n) is 18.3. The summed E-state index contributed by atoms with van der Waals surface area (Å²) in [5.74, 6) is -0.975. The Balaban J connectivity index is 1.68. The molecule has 1 saturated carbocycles. The first kappa shape index (κ1) is 22.5. The maximum atomic E-state index is 14.8. The van der Waals surface area contributed by atoms with Crippen LogP contribution < -0.4 is 26.8 Å². The normalized spacial score (nSPS) is 18.0. The quantitative estimate of drug-likeness (QED) is 0.406. The number of carbonyl (C=O) groups excluding carboxylic acids is 1. The second-order valence-electron chi connectivity index (χ2n) is 7.84. The second kappa shape index (κ2) is 9.82. The fourth-order valence-corrected chi connectivity index (χ4v) is 3.86. The van der Waals surface area contributed by atoms with Crippen molar-refractivity contribution in [3.8, 4) is 11.6 Å². The number of ether oxygens (including phenoxy) is 1. The zero-order valence-corrected chi connectivity index (χ0v) is 18.3. The number of aromatic nitrogens is 4. The number of nitrogens with zero attached hydrogens (tertiary/aromatic N) is 4. The van der Waals surface area contributed by atoms with Gasteiger partial charge in [-0.2, -0.15) is 5.10 Å². The predicted molar refractivity (Wildman–Crippen MR) is 122 cm³/mol.